The van der Waals surface area contributed by atoms with Gasteiger partial charge in [0.25, 0.3) is 0 Å². The minimum atomic E-state index is 0.129. The average Bonchev–Trinajstić information content (AvgIpc) is 3.40. The van der Waals surface area contributed by atoms with Crippen LogP contribution in [-0.2, 0) is 4.79 Å². The van der Waals surface area contributed by atoms with Gasteiger partial charge in [0.2, 0.25) is 5.91 Å². The summed E-state index contributed by atoms with van der Waals surface area (Å²) in [5.74, 6) is 2.99. The van der Waals surface area contributed by atoms with Gasteiger partial charge in [0.1, 0.15) is 0 Å². The fourth-order valence-electron chi connectivity index (χ4n) is 4.62. The van der Waals surface area contributed by atoms with Gasteiger partial charge < -0.3 is 15.5 Å². The Morgan fingerprint density at radius 1 is 1.12 bits per heavy atom. The molecule has 1 amide bonds. The van der Waals surface area contributed by atoms with E-state index in [2.05, 4.69) is 25.4 Å². The van der Waals surface area contributed by atoms with Crippen LogP contribution in [0.1, 0.15) is 52.4 Å². The van der Waals surface area contributed by atoms with Crippen LogP contribution in [0.3, 0.4) is 0 Å². The second-order valence-corrected chi connectivity index (χ2v) is 8.58. The van der Waals surface area contributed by atoms with Crippen molar-refractivity contribution in [2.24, 2.45) is 16.8 Å². The molecular formula is C20H37N5O. The number of hydrogen-bond donors (Lipinski definition) is 2. The fraction of sp³-hybridized carbons (Fsp3) is 0.900. The van der Waals surface area contributed by atoms with Crippen molar-refractivity contribution >= 4 is 11.9 Å². The first kappa shape index (κ1) is 19.5. The fourth-order valence-corrected chi connectivity index (χ4v) is 4.62. The molecule has 6 nitrogen and oxygen atoms in total. The summed E-state index contributed by atoms with van der Waals surface area (Å²) in [4.78, 5) is 21.1. The molecule has 0 spiro atoms. The Morgan fingerprint density at radius 2 is 1.81 bits per heavy atom. The lowest BCUT2D eigenvalue weighted by Gasteiger charge is -2.36. The molecule has 0 bridgehead atoms. The minimum Gasteiger partial charge on any atom is -0.353 e. The Bertz CT molecular complexity index is 492. The molecule has 2 saturated carbocycles. The monoisotopic (exact) mass is 363 g/mol. The Morgan fingerprint density at radius 3 is 2.42 bits per heavy atom. The highest BCUT2D eigenvalue weighted by Gasteiger charge is 2.43. The highest BCUT2D eigenvalue weighted by atomic mass is 16.2. The van der Waals surface area contributed by atoms with Crippen LogP contribution in [-0.4, -0.2) is 73.5 Å². The van der Waals surface area contributed by atoms with Gasteiger partial charge >= 0.3 is 0 Å². The van der Waals surface area contributed by atoms with Gasteiger partial charge in [-0.15, -0.1) is 0 Å². The van der Waals surface area contributed by atoms with Gasteiger partial charge in [-0.05, 0) is 32.1 Å². The quantitative estimate of drug-likeness (QED) is 0.576. The molecular weight excluding hydrogens is 326 g/mol. The summed E-state index contributed by atoms with van der Waals surface area (Å²) >= 11 is 0. The van der Waals surface area contributed by atoms with Crippen LogP contribution in [0.2, 0.25) is 0 Å². The first-order chi connectivity index (χ1) is 12.6. The van der Waals surface area contributed by atoms with E-state index in [1.54, 1.807) is 0 Å². The first-order valence-corrected chi connectivity index (χ1v) is 10.6. The van der Waals surface area contributed by atoms with Crippen molar-refractivity contribution < 1.29 is 4.79 Å². The Balaban J connectivity index is 1.39. The average molecular weight is 364 g/mol. The Labute approximate surface area is 158 Å². The lowest BCUT2D eigenvalue weighted by atomic mass is 9.85. The largest absolute Gasteiger partial charge is 0.353 e. The highest BCUT2D eigenvalue weighted by molar-refractivity contribution is 5.81. The van der Waals surface area contributed by atoms with Gasteiger partial charge in [0.15, 0.2) is 5.96 Å². The van der Waals surface area contributed by atoms with Crippen molar-refractivity contribution in [2.75, 3.05) is 39.8 Å². The summed E-state index contributed by atoms with van der Waals surface area (Å²) in [6.07, 6.45) is 8.46. The second kappa shape index (κ2) is 9.07. The van der Waals surface area contributed by atoms with E-state index in [-0.39, 0.29) is 11.9 Å². The number of nitrogens with zero attached hydrogens (tertiary/aromatic N) is 3. The number of amides is 1. The Hall–Kier alpha value is -1.30. The van der Waals surface area contributed by atoms with Crippen LogP contribution in [0.15, 0.2) is 4.99 Å². The molecule has 1 aliphatic heterocycles. The standard InChI is InChI=1S/C20H37N5O/c1-15(2)22-19(26)14-24-9-11-25(12-10-24)20(21-3)23-18-13-17(18)16-7-5-4-6-8-16/h15-18H,4-14H2,1-3H3,(H,21,23)(H,22,26). The molecule has 148 valence electrons. The minimum absolute atomic E-state index is 0.129. The highest BCUT2D eigenvalue weighted by Crippen LogP contribution is 2.44. The van der Waals surface area contributed by atoms with Crippen molar-refractivity contribution in [1.82, 2.24) is 20.4 Å². The van der Waals surface area contributed by atoms with Crippen molar-refractivity contribution in [2.45, 2.75) is 64.5 Å². The number of rotatable bonds is 5. The van der Waals surface area contributed by atoms with Crippen LogP contribution in [0, 0.1) is 11.8 Å². The molecule has 3 aliphatic rings. The summed E-state index contributed by atoms with van der Waals surface area (Å²) in [6.45, 7) is 8.23. The maximum atomic E-state index is 11.9. The third-order valence-electron chi connectivity index (χ3n) is 6.11. The molecule has 0 radical (unpaired) electrons. The van der Waals surface area contributed by atoms with E-state index in [0.717, 1.165) is 44.0 Å². The topological polar surface area (TPSA) is 60.0 Å². The number of piperazine rings is 1. The van der Waals surface area contributed by atoms with E-state index < -0.39 is 0 Å². The van der Waals surface area contributed by atoms with Gasteiger partial charge in [-0.2, -0.15) is 0 Å². The normalized spacial score (nSPS) is 28.3. The van der Waals surface area contributed by atoms with Gasteiger partial charge in [-0.1, -0.05) is 32.1 Å². The zero-order valence-electron chi connectivity index (χ0n) is 16.8. The molecule has 6 heteroatoms. The molecule has 3 rings (SSSR count). The van der Waals surface area contributed by atoms with Gasteiger partial charge in [0.05, 0.1) is 6.54 Å². The zero-order chi connectivity index (χ0) is 18.5. The molecule has 1 heterocycles. The molecule has 2 aliphatic carbocycles. The van der Waals surface area contributed by atoms with Crippen molar-refractivity contribution in [3.63, 3.8) is 0 Å². The Kier molecular flexibility index (Phi) is 6.79. The van der Waals surface area contributed by atoms with Gasteiger partial charge in [-0.25, -0.2) is 0 Å². The van der Waals surface area contributed by atoms with Crippen LogP contribution in [0.5, 0.6) is 0 Å². The summed E-state index contributed by atoms with van der Waals surface area (Å²) in [6, 6.07) is 0.842. The molecule has 0 aromatic rings. The number of carbonyl (C=O) groups is 1. The molecule has 1 saturated heterocycles. The molecule has 2 atom stereocenters. The number of hydrogen-bond acceptors (Lipinski definition) is 3. The maximum absolute atomic E-state index is 11.9. The predicted molar refractivity (Wildman–Crippen MR) is 106 cm³/mol. The summed E-state index contributed by atoms with van der Waals surface area (Å²) in [5, 5.41) is 6.69. The third kappa shape index (κ3) is 5.35. The molecule has 3 fully saturated rings. The zero-order valence-corrected chi connectivity index (χ0v) is 16.8. The summed E-state index contributed by atoms with van der Waals surface area (Å²) in [7, 11) is 1.89. The summed E-state index contributed by atoms with van der Waals surface area (Å²) in [5.41, 5.74) is 0. The van der Waals surface area contributed by atoms with E-state index in [1.807, 2.05) is 20.9 Å². The molecule has 2 N–H and O–H groups in total. The first-order valence-electron chi connectivity index (χ1n) is 10.6. The van der Waals surface area contributed by atoms with Gasteiger partial charge in [-0.3, -0.25) is 14.7 Å². The molecule has 2 unspecified atom stereocenters. The van der Waals surface area contributed by atoms with E-state index in [4.69, 9.17) is 0 Å². The lowest BCUT2D eigenvalue weighted by molar-refractivity contribution is -0.123. The number of aliphatic imine (C=N–C) groups is 1. The molecule has 0 aromatic carbocycles. The SMILES string of the molecule is CN=C(NC1CC1C1CCCCC1)N1CCN(CC(=O)NC(C)C)CC1. The predicted octanol–water partition coefficient (Wildman–Crippen LogP) is 1.67. The number of nitrogens with one attached hydrogen (secondary N) is 2. The smallest absolute Gasteiger partial charge is 0.234 e. The van der Waals surface area contributed by atoms with Crippen LogP contribution in [0.25, 0.3) is 0 Å². The van der Waals surface area contributed by atoms with Crippen molar-refractivity contribution in [3.8, 4) is 0 Å². The molecule has 26 heavy (non-hydrogen) atoms. The van der Waals surface area contributed by atoms with Crippen LogP contribution >= 0.6 is 0 Å². The van der Waals surface area contributed by atoms with E-state index >= 15 is 0 Å². The van der Waals surface area contributed by atoms with Gasteiger partial charge in [0, 0.05) is 45.3 Å². The van der Waals surface area contributed by atoms with Crippen molar-refractivity contribution in [1.29, 1.82) is 0 Å². The third-order valence-corrected chi connectivity index (χ3v) is 6.11. The maximum Gasteiger partial charge on any atom is 0.234 e. The van der Waals surface area contributed by atoms with E-state index in [1.165, 1.54) is 38.5 Å². The molecule has 0 aromatic heterocycles. The number of carbonyl (C=O) groups excluding carboxylic acids is 1. The van der Waals surface area contributed by atoms with E-state index in [9.17, 15) is 4.79 Å². The summed E-state index contributed by atoms with van der Waals surface area (Å²) < 4.78 is 0. The van der Waals surface area contributed by atoms with Crippen LogP contribution < -0.4 is 10.6 Å². The second-order valence-electron chi connectivity index (χ2n) is 8.58. The van der Waals surface area contributed by atoms with Crippen molar-refractivity contribution in [3.05, 3.63) is 0 Å². The van der Waals surface area contributed by atoms with Crippen LogP contribution in [0.4, 0.5) is 0 Å². The van der Waals surface area contributed by atoms with E-state index in [0.29, 0.717) is 12.6 Å². The number of guanidine groups is 1. The lowest BCUT2D eigenvalue weighted by Crippen LogP contribution is -2.54.